The van der Waals surface area contributed by atoms with Gasteiger partial charge in [-0.25, -0.2) is 0 Å². The molecule has 0 aliphatic carbocycles. The van der Waals surface area contributed by atoms with Gasteiger partial charge in [0.1, 0.15) is 0 Å². The van der Waals surface area contributed by atoms with Gasteiger partial charge in [-0.1, -0.05) is 13.8 Å². The first-order valence-electron chi connectivity index (χ1n) is 6.39. The number of H-pyrrole nitrogens is 1. The standard InChI is InChI=1S/C14H18N4O/c1-10(2)12-9-13(18-17-12)16-14(19)4-3-11-5-7-15-8-6-11/h5-10H,3-4H2,1-2H3,(H2,16,17,18,19). The molecule has 2 rings (SSSR count). The minimum absolute atomic E-state index is 0.0291. The number of aryl methyl sites for hydroxylation is 1. The number of hydrogen-bond acceptors (Lipinski definition) is 3. The predicted octanol–water partition coefficient (Wildman–Crippen LogP) is 2.50. The largest absolute Gasteiger partial charge is 0.309 e. The van der Waals surface area contributed by atoms with Gasteiger partial charge in [0, 0.05) is 30.6 Å². The van der Waals surface area contributed by atoms with Crippen LogP contribution in [0.4, 0.5) is 5.82 Å². The third-order valence-corrected chi connectivity index (χ3v) is 2.88. The summed E-state index contributed by atoms with van der Waals surface area (Å²) in [6, 6.07) is 5.70. The molecule has 0 atom stereocenters. The third-order valence-electron chi connectivity index (χ3n) is 2.88. The molecule has 2 heterocycles. The lowest BCUT2D eigenvalue weighted by Gasteiger charge is -2.02. The molecule has 2 aromatic rings. The number of aromatic amines is 1. The van der Waals surface area contributed by atoms with Crippen molar-refractivity contribution in [3.05, 3.63) is 41.9 Å². The first-order chi connectivity index (χ1) is 9.15. The second-order valence-electron chi connectivity index (χ2n) is 4.77. The van der Waals surface area contributed by atoms with Crippen molar-refractivity contribution < 1.29 is 4.79 Å². The van der Waals surface area contributed by atoms with Gasteiger partial charge in [0.05, 0.1) is 0 Å². The molecule has 0 aliphatic heterocycles. The summed E-state index contributed by atoms with van der Waals surface area (Å²) in [4.78, 5) is 15.7. The average Bonchev–Trinajstić information content (AvgIpc) is 2.86. The molecule has 2 N–H and O–H groups in total. The van der Waals surface area contributed by atoms with Crippen LogP contribution in [0, 0.1) is 0 Å². The smallest absolute Gasteiger partial charge is 0.225 e. The van der Waals surface area contributed by atoms with E-state index in [0.717, 1.165) is 11.3 Å². The molecule has 0 spiro atoms. The Kier molecular flexibility index (Phi) is 4.28. The summed E-state index contributed by atoms with van der Waals surface area (Å²) in [6.45, 7) is 4.14. The summed E-state index contributed by atoms with van der Waals surface area (Å²) in [5.74, 6) is 0.928. The zero-order valence-electron chi connectivity index (χ0n) is 11.2. The Morgan fingerprint density at radius 3 is 2.74 bits per heavy atom. The van der Waals surface area contributed by atoms with Crippen LogP contribution in [0.2, 0.25) is 0 Å². The molecular weight excluding hydrogens is 240 g/mol. The van der Waals surface area contributed by atoms with Crippen LogP contribution in [0.15, 0.2) is 30.6 Å². The van der Waals surface area contributed by atoms with Gasteiger partial charge in [0.25, 0.3) is 0 Å². The van der Waals surface area contributed by atoms with E-state index in [0.29, 0.717) is 24.6 Å². The molecule has 19 heavy (non-hydrogen) atoms. The van der Waals surface area contributed by atoms with E-state index in [1.54, 1.807) is 12.4 Å². The van der Waals surface area contributed by atoms with Gasteiger partial charge >= 0.3 is 0 Å². The van der Waals surface area contributed by atoms with Crippen molar-refractivity contribution in [1.29, 1.82) is 0 Å². The van der Waals surface area contributed by atoms with Crippen molar-refractivity contribution in [2.45, 2.75) is 32.6 Å². The molecule has 0 radical (unpaired) electrons. The minimum atomic E-state index is -0.0291. The Bertz CT molecular complexity index is 533. The van der Waals surface area contributed by atoms with E-state index >= 15 is 0 Å². The van der Waals surface area contributed by atoms with Crippen LogP contribution in [-0.2, 0) is 11.2 Å². The molecule has 1 amide bonds. The molecule has 100 valence electrons. The fraction of sp³-hybridized carbons (Fsp3) is 0.357. The maximum absolute atomic E-state index is 11.8. The number of hydrogen-bond donors (Lipinski definition) is 2. The molecule has 5 heteroatoms. The Hall–Kier alpha value is -2.17. The quantitative estimate of drug-likeness (QED) is 0.865. The zero-order valence-corrected chi connectivity index (χ0v) is 11.2. The van der Waals surface area contributed by atoms with Gasteiger partial charge in [-0.15, -0.1) is 0 Å². The number of carbonyl (C=O) groups is 1. The molecule has 0 saturated carbocycles. The summed E-state index contributed by atoms with van der Waals surface area (Å²) in [6.07, 6.45) is 4.61. The molecule has 0 unspecified atom stereocenters. The van der Waals surface area contributed by atoms with E-state index in [1.807, 2.05) is 18.2 Å². The van der Waals surface area contributed by atoms with Crippen LogP contribution < -0.4 is 5.32 Å². The SMILES string of the molecule is CC(C)c1cc(NC(=O)CCc2ccncc2)n[nH]1. The van der Waals surface area contributed by atoms with E-state index in [4.69, 9.17) is 0 Å². The van der Waals surface area contributed by atoms with E-state index in [9.17, 15) is 4.79 Å². The Balaban J connectivity index is 1.84. The summed E-state index contributed by atoms with van der Waals surface area (Å²) < 4.78 is 0. The maximum Gasteiger partial charge on any atom is 0.225 e. The van der Waals surface area contributed by atoms with Gasteiger partial charge in [0.15, 0.2) is 5.82 Å². The van der Waals surface area contributed by atoms with Crippen LogP contribution >= 0.6 is 0 Å². The first-order valence-corrected chi connectivity index (χ1v) is 6.39. The highest BCUT2D eigenvalue weighted by atomic mass is 16.1. The average molecular weight is 258 g/mol. The van der Waals surface area contributed by atoms with Crippen molar-refractivity contribution >= 4 is 11.7 Å². The Morgan fingerprint density at radius 2 is 2.11 bits per heavy atom. The first kappa shape index (κ1) is 13.3. The molecule has 0 bridgehead atoms. The van der Waals surface area contributed by atoms with Crippen LogP contribution in [0.5, 0.6) is 0 Å². The van der Waals surface area contributed by atoms with Crippen molar-refractivity contribution in [1.82, 2.24) is 15.2 Å². The molecule has 0 fully saturated rings. The number of nitrogens with zero attached hydrogens (tertiary/aromatic N) is 2. The lowest BCUT2D eigenvalue weighted by molar-refractivity contribution is -0.116. The van der Waals surface area contributed by atoms with Crippen LogP contribution in [-0.4, -0.2) is 21.1 Å². The fourth-order valence-electron chi connectivity index (χ4n) is 1.71. The van der Waals surface area contributed by atoms with Gasteiger partial charge < -0.3 is 5.32 Å². The van der Waals surface area contributed by atoms with E-state index < -0.39 is 0 Å². The summed E-state index contributed by atoms with van der Waals surface area (Å²) in [7, 11) is 0. The Morgan fingerprint density at radius 1 is 1.37 bits per heavy atom. The molecule has 5 nitrogen and oxygen atoms in total. The van der Waals surface area contributed by atoms with Crippen molar-refractivity contribution in [2.75, 3.05) is 5.32 Å². The van der Waals surface area contributed by atoms with Gasteiger partial charge in [0.2, 0.25) is 5.91 Å². The predicted molar refractivity (Wildman–Crippen MR) is 73.9 cm³/mol. The summed E-state index contributed by atoms with van der Waals surface area (Å²) in [5.41, 5.74) is 2.12. The number of rotatable bonds is 5. The zero-order chi connectivity index (χ0) is 13.7. The monoisotopic (exact) mass is 258 g/mol. The van der Waals surface area contributed by atoms with Crippen molar-refractivity contribution in [3.63, 3.8) is 0 Å². The van der Waals surface area contributed by atoms with Crippen LogP contribution in [0.25, 0.3) is 0 Å². The Labute approximate surface area is 112 Å². The number of carbonyl (C=O) groups excluding carboxylic acids is 1. The van der Waals surface area contributed by atoms with Gasteiger partial charge in [-0.3, -0.25) is 14.9 Å². The lowest BCUT2D eigenvalue weighted by atomic mass is 10.1. The number of pyridine rings is 1. The van der Waals surface area contributed by atoms with Gasteiger partial charge in [-0.05, 0) is 30.0 Å². The molecule has 0 saturated heterocycles. The molecular formula is C14H18N4O. The van der Waals surface area contributed by atoms with Crippen molar-refractivity contribution in [3.8, 4) is 0 Å². The van der Waals surface area contributed by atoms with Crippen molar-refractivity contribution in [2.24, 2.45) is 0 Å². The van der Waals surface area contributed by atoms with E-state index in [1.165, 1.54) is 0 Å². The fourth-order valence-corrected chi connectivity index (χ4v) is 1.71. The highest BCUT2D eigenvalue weighted by Crippen LogP contribution is 2.15. The van der Waals surface area contributed by atoms with Crippen LogP contribution in [0.3, 0.4) is 0 Å². The highest BCUT2D eigenvalue weighted by Gasteiger charge is 2.08. The summed E-state index contributed by atoms with van der Waals surface area (Å²) in [5, 5.41) is 9.77. The third kappa shape index (κ3) is 3.91. The second kappa shape index (κ2) is 6.13. The van der Waals surface area contributed by atoms with E-state index in [2.05, 4.69) is 34.3 Å². The second-order valence-corrected chi connectivity index (χ2v) is 4.77. The number of nitrogens with one attached hydrogen (secondary N) is 2. The normalized spacial score (nSPS) is 10.7. The molecule has 2 aromatic heterocycles. The minimum Gasteiger partial charge on any atom is -0.309 e. The lowest BCUT2D eigenvalue weighted by Crippen LogP contribution is -2.12. The van der Waals surface area contributed by atoms with E-state index in [-0.39, 0.29) is 5.91 Å². The molecule has 0 aromatic carbocycles. The maximum atomic E-state index is 11.8. The van der Waals surface area contributed by atoms with Crippen LogP contribution in [0.1, 0.15) is 37.4 Å². The number of amides is 1. The number of aromatic nitrogens is 3. The topological polar surface area (TPSA) is 70.7 Å². The number of anilines is 1. The van der Waals surface area contributed by atoms with Gasteiger partial charge in [-0.2, -0.15) is 5.10 Å². The summed E-state index contributed by atoms with van der Waals surface area (Å²) >= 11 is 0. The molecule has 0 aliphatic rings. The highest BCUT2D eigenvalue weighted by molar-refractivity contribution is 5.89.